The summed E-state index contributed by atoms with van der Waals surface area (Å²) in [5.74, 6) is 0.750. The predicted octanol–water partition coefficient (Wildman–Crippen LogP) is 1.71. The molecule has 2 aliphatic rings. The second-order valence-electron chi connectivity index (χ2n) is 6.31. The molecule has 0 atom stereocenters. The molecular weight excluding hydrogens is 254 g/mol. The Labute approximate surface area is 122 Å². The Hall–Kier alpha value is -0.810. The number of ether oxygens (including phenoxy) is 1. The fraction of sp³-hybridized carbons (Fsp3) is 0.933. The van der Waals surface area contributed by atoms with Crippen LogP contribution < -0.4 is 11.1 Å². The van der Waals surface area contributed by atoms with E-state index in [-0.39, 0.29) is 6.03 Å². The summed E-state index contributed by atoms with van der Waals surface area (Å²) in [6, 6.07) is 0.419. The number of amides is 2. The van der Waals surface area contributed by atoms with Crippen molar-refractivity contribution in [3.63, 3.8) is 0 Å². The second-order valence-corrected chi connectivity index (χ2v) is 6.31. The van der Waals surface area contributed by atoms with Crippen LogP contribution in [0.2, 0.25) is 0 Å². The maximum atomic E-state index is 11.9. The molecule has 20 heavy (non-hydrogen) atoms. The highest BCUT2D eigenvalue weighted by molar-refractivity contribution is 5.74. The fourth-order valence-electron chi connectivity index (χ4n) is 2.96. The SMILES string of the molecule is CC1CCN(C(=O)NCCOC2CCC(N)CC2)CC1. The van der Waals surface area contributed by atoms with Gasteiger partial charge in [-0.2, -0.15) is 0 Å². The van der Waals surface area contributed by atoms with Gasteiger partial charge < -0.3 is 20.7 Å². The van der Waals surface area contributed by atoms with Gasteiger partial charge in [0.05, 0.1) is 12.7 Å². The fourth-order valence-corrected chi connectivity index (χ4v) is 2.96. The van der Waals surface area contributed by atoms with Gasteiger partial charge in [-0.1, -0.05) is 6.92 Å². The average molecular weight is 283 g/mol. The molecule has 0 bridgehead atoms. The lowest BCUT2D eigenvalue weighted by molar-refractivity contribution is 0.0273. The van der Waals surface area contributed by atoms with Gasteiger partial charge in [0.25, 0.3) is 0 Å². The van der Waals surface area contributed by atoms with E-state index >= 15 is 0 Å². The number of nitrogens with two attached hydrogens (primary N) is 1. The molecule has 1 heterocycles. The van der Waals surface area contributed by atoms with Crippen LogP contribution >= 0.6 is 0 Å². The van der Waals surface area contributed by atoms with Gasteiger partial charge in [0, 0.05) is 25.7 Å². The number of nitrogens with one attached hydrogen (secondary N) is 1. The van der Waals surface area contributed by atoms with Crippen LogP contribution in [-0.4, -0.2) is 49.3 Å². The number of piperidine rings is 1. The highest BCUT2D eigenvalue weighted by atomic mass is 16.5. The Balaban J connectivity index is 1.53. The normalized spacial score (nSPS) is 28.4. The van der Waals surface area contributed by atoms with Crippen molar-refractivity contribution in [2.24, 2.45) is 11.7 Å². The molecule has 1 saturated heterocycles. The molecule has 0 radical (unpaired) electrons. The van der Waals surface area contributed by atoms with E-state index in [0.29, 0.717) is 25.3 Å². The lowest BCUT2D eigenvalue weighted by atomic mass is 9.94. The van der Waals surface area contributed by atoms with Crippen LogP contribution in [-0.2, 0) is 4.74 Å². The summed E-state index contributed by atoms with van der Waals surface area (Å²) >= 11 is 0. The molecule has 5 heteroatoms. The average Bonchev–Trinajstić information content (AvgIpc) is 2.46. The van der Waals surface area contributed by atoms with E-state index in [1.165, 1.54) is 0 Å². The van der Waals surface area contributed by atoms with E-state index in [4.69, 9.17) is 10.5 Å². The number of nitrogens with zero attached hydrogens (tertiary/aromatic N) is 1. The van der Waals surface area contributed by atoms with Crippen molar-refractivity contribution in [3.05, 3.63) is 0 Å². The molecule has 3 N–H and O–H groups in total. The highest BCUT2D eigenvalue weighted by Crippen LogP contribution is 2.19. The molecule has 0 aromatic carbocycles. The van der Waals surface area contributed by atoms with Crippen molar-refractivity contribution in [3.8, 4) is 0 Å². The number of rotatable bonds is 4. The topological polar surface area (TPSA) is 67.6 Å². The maximum Gasteiger partial charge on any atom is 0.317 e. The van der Waals surface area contributed by atoms with Gasteiger partial charge >= 0.3 is 6.03 Å². The summed E-state index contributed by atoms with van der Waals surface area (Å²) in [5, 5.41) is 2.95. The molecule has 0 aromatic heterocycles. The van der Waals surface area contributed by atoms with Crippen LogP contribution in [0.1, 0.15) is 45.4 Å². The standard InChI is InChI=1S/C15H29N3O2/c1-12-6-9-18(10-7-12)15(19)17-8-11-20-14-4-2-13(16)3-5-14/h12-14H,2-11,16H2,1H3,(H,17,19). The first-order valence-corrected chi connectivity index (χ1v) is 8.05. The number of urea groups is 1. The van der Waals surface area contributed by atoms with E-state index in [9.17, 15) is 4.79 Å². The van der Waals surface area contributed by atoms with Gasteiger partial charge in [-0.15, -0.1) is 0 Å². The van der Waals surface area contributed by atoms with Gasteiger partial charge in [0.2, 0.25) is 0 Å². The lowest BCUT2D eigenvalue weighted by Gasteiger charge is -2.30. The Morgan fingerprint density at radius 3 is 2.50 bits per heavy atom. The Kier molecular flexibility index (Phi) is 6.10. The monoisotopic (exact) mass is 283 g/mol. The van der Waals surface area contributed by atoms with E-state index in [1.807, 2.05) is 4.90 Å². The van der Waals surface area contributed by atoms with Crippen LogP contribution in [0.5, 0.6) is 0 Å². The zero-order valence-electron chi connectivity index (χ0n) is 12.6. The molecule has 2 rings (SSSR count). The minimum absolute atomic E-state index is 0.0613. The van der Waals surface area contributed by atoms with E-state index in [0.717, 1.165) is 57.5 Å². The third kappa shape index (κ3) is 4.94. The van der Waals surface area contributed by atoms with Gasteiger partial charge in [0.15, 0.2) is 0 Å². The first kappa shape index (κ1) is 15.6. The van der Waals surface area contributed by atoms with Gasteiger partial charge in [0.1, 0.15) is 0 Å². The van der Waals surface area contributed by atoms with E-state index in [1.54, 1.807) is 0 Å². The van der Waals surface area contributed by atoms with E-state index < -0.39 is 0 Å². The molecule has 116 valence electrons. The number of carbonyl (C=O) groups is 1. The molecular formula is C15H29N3O2. The minimum atomic E-state index is 0.0613. The lowest BCUT2D eigenvalue weighted by Crippen LogP contribution is -2.45. The van der Waals surface area contributed by atoms with Crippen molar-refractivity contribution >= 4 is 6.03 Å². The smallest absolute Gasteiger partial charge is 0.317 e. The highest BCUT2D eigenvalue weighted by Gasteiger charge is 2.21. The molecule has 5 nitrogen and oxygen atoms in total. The molecule has 2 amide bonds. The zero-order valence-corrected chi connectivity index (χ0v) is 12.6. The summed E-state index contributed by atoms with van der Waals surface area (Å²) in [6.45, 7) is 5.23. The van der Waals surface area contributed by atoms with Crippen LogP contribution in [0, 0.1) is 5.92 Å². The van der Waals surface area contributed by atoms with Crippen molar-refractivity contribution in [2.45, 2.75) is 57.6 Å². The summed E-state index contributed by atoms with van der Waals surface area (Å²) in [6.07, 6.45) is 6.80. The predicted molar refractivity (Wildman–Crippen MR) is 79.6 cm³/mol. The molecule has 1 aliphatic carbocycles. The molecule has 0 spiro atoms. The summed E-state index contributed by atoms with van der Waals surface area (Å²) in [5.41, 5.74) is 5.87. The van der Waals surface area contributed by atoms with Crippen LogP contribution in [0.3, 0.4) is 0 Å². The summed E-state index contributed by atoms with van der Waals surface area (Å²) in [4.78, 5) is 13.9. The van der Waals surface area contributed by atoms with Gasteiger partial charge in [-0.05, 0) is 44.4 Å². The molecule has 1 aliphatic heterocycles. The summed E-state index contributed by atoms with van der Waals surface area (Å²) in [7, 11) is 0. The van der Waals surface area contributed by atoms with Crippen LogP contribution in [0.25, 0.3) is 0 Å². The van der Waals surface area contributed by atoms with Gasteiger partial charge in [-0.3, -0.25) is 0 Å². The number of hydrogen-bond donors (Lipinski definition) is 2. The number of carbonyl (C=O) groups excluding carboxylic acids is 1. The van der Waals surface area contributed by atoms with Crippen molar-refractivity contribution < 1.29 is 9.53 Å². The third-order valence-corrected chi connectivity index (χ3v) is 4.52. The maximum absolute atomic E-state index is 11.9. The quantitative estimate of drug-likeness (QED) is 0.772. The van der Waals surface area contributed by atoms with E-state index in [2.05, 4.69) is 12.2 Å². The Morgan fingerprint density at radius 2 is 1.85 bits per heavy atom. The Bertz CT molecular complexity index is 295. The second kappa shape index (κ2) is 7.84. The summed E-state index contributed by atoms with van der Waals surface area (Å²) < 4.78 is 5.80. The largest absolute Gasteiger partial charge is 0.376 e. The third-order valence-electron chi connectivity index (χ3n) is 4.52. The molecule has 2 fully saturated rings. The van der Waals surface area contributed by atoms with Crippen molar-refractivity contribution in [1.82, 2.24) is 10.2 Å². The van der Waals surface area contributed by atoms with Crippen LogP contribution in [0.4, 0.5) is 4.79 Å². The van der Waals surface area contributed by atoms with Crippen LogP contribution in [0.15, 0.2) is 0 Å². The van der Waals surface area contributed by atoms with Crippen molar-refractivity contribution in [2.75, 3.05) is 26.2 Å². The molecule has 1 saturated carbocycles. The molecule has 0 unspecified atom stereocenters. The number of likely N-dealkylation sites (tertiary alicyclic amines) is 1. The molecule has 0 aromatic rings. The zero-order chi connectivity index (χ0) is 14.4. The first-order chi connectivity index (χ1) is 9.65. The first-order valence-electron chi connectivity index (χ1n) is 8.05. The van der Waals surface area contributed by atoms with Crippen molar-refractivity contribution in [1.29, 1.82) is 0 Å². The van der Waals surface area contributed by atoms with Gasteiger partial charge in [-0.25, -0.2) is 4.79 Å². The Morgan fingerprint density at radius 1 is 1.20 bits per heavy atom. The minimum Gasteiger partial charge on any atom is -0.376 e. The number of hydrogen-bond acceptors (Lipinski definition) is 3.